The lowest BCUT2D eigenvalue weighted by Crippen LogP contribution is -2.51. The number of pyridine rings is 1. The van der Waals surface area contributed by atoms with Crippen LogP contribution in [0.15, 0.2) is 59.5 Å². The van der Waals surface area contributed by atoms with Gasteiger partial charge in [0.25, 0.3) is 11.5 Å². The van der Waals surface area contributed by atoms with Crippen LogP contribution in [-0.2, 0) is 13.0 Å². The lowest BCUT2D eigenvalue weighted by Gasteiger charge is -2.44. The van der Waals surface area contributed by atoms with Gasteiger partial charge in [0, 0.05) is 36.1 Å². The number of piperidine rings is 2. The van der Waals surface area contributed by atoms with Crippen molar-refractivity contribution in [2.75, 3.05) is 26.7 Å². The van der Waals surface area contributed by atoms with Gasteiger partial charge in [0.15, 0.2) is 0 Å². The number of carbonyl (C=O) groups excluding carboxylic acids is 1. The third-order valence-corrected chi connectivity index (χ3v) is 7.79. The first kappa shape index (κ1) is 23.6. The number of aryl methyl sites for hydroxylation is 2. The fraction of sp³-hybridized carbons (Fsp3) is 0.448. The molecule has 2 aliphatic rings. The zero-order chi connectivity index (χ0) is 24.2. The van der Waals surface area contributed by atoms with Gasteiger partial charge in [-0.2, -0.15) is 0 Å². The van der Waals surface area contributed by atoms with Crippen LogP contribution in [0.2, 0.25) is 0 Å². The molecule has 1 N–H and O–H groups in total. The van der Waals surface area contributed by atoms with Gasteiger partial charge in [0.2, 0.25) is 0 Å². The molecule has 2 unspecified atom stereocenters. The monoisotopic (exact) mass is 473 g/mol. The molecule has 6 heteroatoms. The highest BCUT2D eigenvalue weighted by molar-refractivity contribution is 6.06. The second kappa shape index (κ2) is 10.6. The summed E-state index contributed by atoms with van der Waals surface area (Å²) in [5.74, 6) is 1.22. The lowest BCUT2D eigenvalue weighted by atomic mass is 9.83. The highest BCUT2D eigenvalue weighted by atomic mass is 16.5. The van der Waals surface area contributed by atoms with E-state index in [9.17, 15) is 9.59 Å². The number of nitrogens with zero attached hydrogens (tertiary/aromatic N) is 2. The minimum absolute atomic E-state index is 0.0595. The van der Waals surface area contributed by atoms with Gasteiger partial charge in [-0.05, 0) is 74.9 Å². The van der Waals surface area contributed by atoms with E-state index in [4.69, 9.17) is 4.74 Å². The fourth-order valence-electron chi connectivity index (χ4n) is 5.87. The van der Waals surface area contributed by atoms with E-state index in [1.165, 1.54) is 45.2 Å². The van der Waals surface area contributed by atoms with Gasteiger partial charge in [-0.3, -0.25) is 9.59 Å². The fourth-order valence-corrected chi connectivity index (χ4v) is 5.87. The Bertz CT molecular complexity index is 1230. The first-order valence-electron chi connectivity index (χ1n) is 12.9. The first-order chi connectivity index (χ1) is 17.1. The number of fused-ring (bicyclic) bond motifs is 2. The summed E-state index contributed by atoms with van der Waals surface area (Å²) in [6.45, 7) is 3.59. The van der Waals surface area contributed by atoms with Crippen LogP contribution in [0.4, 0.5) is 0 Å². The summed E-state index contributed by atoms with van der Waals surface area (Å²) in [5, 5.41) is 4.54. The number of hydrogen-bond donors (Lipinski definition) is 1. The molecule has 2 atom stereocenters. The van der Waals surface area contributed by atoms with Gasteiger partial charge in [0.1, 0.15) is 5.75 Å². The van der Waals surface area contributed by atoms with E-state index in [1.54, 1.807) is 17.9 Å². The largest absolute Gasteiger partial charge is 0.497 e. The van der Waals surface area contributed by atoms with Crippen molar-refractivity contribution < 1.29 is 9.53 Å². The van der Waals surface area contributed by atoms with Crippen molar-refractivity contribution in [1.29, 1.82) is 0 Å². The third-order valence-electron chi connectivity index (χ3n) is 7.79. The zero-order valence-electron chi connectivity index (χ0n) is 20.5. The summed E-state index contributed by atoms with van der Waals surface area (Å²) >= 11 is 0. The summed E-state index contributed by atoms with van der Waals surface area (Å²) in [5.41, 5.74) is 1.63. The quantitative estimate of drug-likeness (QED) is 0.557. The Morgan fingerprint density at radius 1 is 1.00 bits per heavy atom. The van der Waals surface area contributed by atoms with Crippen LogP contribution in [0.3, 0.4) is 0 Å². The molecule has 2 aromatic carbocycles. The van der Waals surface area contributed by atoms with Crippen LogP contribution >= 0.6 is 0 Å². The number of rotatable bonds is 7. The second-order valence-electron chi connectivity index (χ2n) is 9.90. The number of methoxy groups -OCH3 is 1. The lowest BCUT2D eigenvalue weighted by molar-refractivity contribution is 0.0576. The van der Waals surface area contributed by atoms with E-state index in [0.29, 0.717) is 42.4 Å². The highest BCUT2D eigenvalue weighted by Crippen LogP contribution is 2.30. The average molecular weight is 474 g/mol. The number of carbonyl (C=O) groups is 1. The van der Waals surface area contributed by atoms with Gasteiger partial charge in [-0.15, -0.1) is 0 Å². The molecular weight excluding hydrogens is 438 g/mol. The Morgan fingerprint density at radius 2 is 1.77 bits per heavy atom. The molecule has 0 radical (unpaired) electrons. The molecule has 2 saturated heterocycles. The summed E-state index contributed by atoms with van der Waals surface area (Å²) in [6, 6.07) is 15.9. The summed E-state index contributed by atoms with van der Waals surface area (Å²) in [4.78, 5) is 29.2. The number of ether oxygens (including phenoxy) is 1. The van der Waals surface area contributed by atoms with Crippen molar-refractivity contribution in [3.8, 4) is 5.75 Å². The van der Waals surface area contributed by atoms with Crippen molar-refractivity contribution in [2.45, 2.75) is 51.1 Å². The third kappa shape index (κ3) is 5.13. The molecule has 2 fully saturated rings. The molecule has 0 bridgehead atoms. The number of nitrogens with one attached hydrogen (secondary N) is 1. The predicted molar refractivity (Wildman–Crippen MR) is 139 cm³/mol. The molecule has 5 rings (SSSR count). The Balaban J connectivity index is 1.35. The molecule has 0 spiro atoms. The van der Waals surface area contributed by atoms with E-state index in [1.807, 2.05) is 48.5 Å². The minimum Gasteiger partial charge on any atom is -0.497 e. The van der Waals surface area contributed by atoms with E-state index in [0.717, 1.165) is 16.7 Å². The highest BCUT2D eigenvalue weighted by Gasteiger charge is 2.33. The van der Waals surface area contributed by atoms with Crippen molar-refractivity contribution in [3.05, 3.63) is 76.2 Å². The zero-order valence-corrected chi connectivity index (χ0v) is 20.5. The summed E-state index contributed by atoms with van der Waals surface area (Å²) < 4.78 is 6.92. The molecule has 0 aliphatic carbocycles. The van der Waals surface area contributed by atoms with Crippen LogP contribution in [0.5, 0.6) is 5.75 Å². The minimum atomic E-state index is -0.0904. The van der Waals surface area contributed by atoms with E-state index in [2.05, 4.69) is 10.2 Å². The number of amides is 1. The molecule has 0 saturated carbocycles. The Kier molecular flexibility index (Phi) is 7.19. The summed E-state index contributed by atoms with van der Waals surface area (Å²) in [6.07, 6.45) is 8.63. The molecule has 35 heavy (non-hydrogen) atoms. The van der Waals surface area contributed by atoms with Crippen molar-refractivity contribution in [1.82, 2.24) is 14.8 Å². The van der Waals surface area contributed by atoms with E-state index in [-0.39, 0.29) is 11.5 Å². The molecule has 1 aromatic heterocycles. The molecular formula is C29H35N3O3. The second-order valence-corrected chi connectivity index (χ2v) is 9.90. The average Bonchev–Trinajstić information content (AvgIpc) is 2.91. The molecule has 1 amide bonds. The molecule has 6 nitrogen and oxygen atoms in total. The summed E-state index contributed by atoms with van der Waals surface area (Å²) in [7, 11) is 1.65. The van der Waals surface area contributed by atoms with Gasteiger partial charge in [-0.1, -0.05) is 36.8 Å². The molecule has 184 valence electrons. The molecule has 3 heterocycles. The SMILES string of the molecule is COc1ccc(CCn2cc(C(=O)NCC3CCCN4CCCCC34)c3ccccc3c2=O)cc1. The Labute approximate surface area is 206 Å². The molecule has 3 aromatic rings. The van der Waals surface area contributed by atoms with Crippen molar-refractivity contribution >= 4 is 16.7 Å². The maximum absolute atomic E-state index is 13.4. The Hall–Kier alpha value is -3.12. The van der Waals surface area contributed by atoms with Crippen LogP contribution in [-0.4, -0.2) is 48.2 Å². The van der Waals surface area contributed by atoms with Gasteiger partial charge in [-0.25, -0.2) is 0 Å². The smallest absolute Gasteiger partial charge is 0.258 e. The number of benzene rings is 2. The van der Waals surface area contributed by atoms with Crippen LogP contribution in [0.1, 0.15) is 48.0 Å². The maximum atomic E-state index is 13.4. The van der Waals surface area contributed by atoms with Gasteiger partial charge in [0.05, 0.1) is 12.7 Å². The normalized spacial score (nSPS) is 20.4. The van der Waals surface area contributed by atoms with Gasteiger partial charge >= 0.3 is 0 Å². The standard InChI is InChI=1S/C29H35N3O3/c1-35-23-13-11-21(12-14-23)15-18-32-20-26(24-8-2-3-9-25(24)29(32)34)28(33)30-19-22-7-6-17-31-16-5-4-10-27(22)31/h2-3,8-9,11-14,20,22,27H,4-7,10,15-19H2,1H3,(H,30,33). The van der Waals surface area contributed by atoms with Crippen molar-refractivity contribution in [2.24, 2.45) is 5.92 Å². The maximum Gasteiger partial charge on any atom is 0.258 e. The number of hydrogen-bond acceptors (Lipinski definition) is 4. The van der Waals surface area contributed by atoms with E-state index < -0.39 is 0 Å². The number of aromatic nitrogens is 1. The first-order valence-corrected chi connectivity index (χ1v) is 12.9. The van der Waals surface area contributed by atoms with Gasteiger partial charge < -0.3 is 19.5 Å². The van der Waals surface area contributed by atoms with Crippen molar-refractivity contribution in [3.63, 3.8) is 0 Å². The van der Waals surface area contributed by atoms with E-state index >= 15 is 0 Å². The Morgan fingerprint density at radius 3 is 2.57 bits per heavy atom. The van der Waals surface area contributed by atoms with Crippen LogP contribution in [0.25, 0.3) is 10.8 Å². The molecule has 2 aliphatic heterocycles. The van der Waals surface area contributed by atoms with Crippen LogP contribution < -0.4 is 15.6 Å². The van der Waals surface area contributed by atoms with Crippen LogP contribution in [0, 0.1) is 5.92 Å². The predicted octanol–water partition coefficient (Wildman–Crippen LogP) is 4.25. The topological polar surface area (TPSA) is 63.6 Å².